The number of benzene rings is 1. The minimum Gasteiger partial charge on any atom is -0.365 e. The number of primary amides is 1. The van der Waals surface area contributed by atoms with Crippen LogP contribution in [-0.2, 0) is 9.47 Å². The summed E-state index contributed by atoms with van der Waals surface area (Å²) in [4.78, 5) is 11.9. The summed E-state index contributed by atoms with van der Waals surface area (Å²) in [5, 5.41) is 17.3. The molecule has 1 aliphatic heterocycles. The summed E-state index contributed by atoms with van der Waals surface area (Å²) in [5.74, 6) is -1.11. The lowest BCUT2D eigenvalue weighted by Gasteiger charge is -2.38. The van der Waals surface area contributed by atoms with E-state index in [0.717, 1.165) is 5.69 Å². The van der Waals surface area contributed by atoms with Gasteiger partial charge in [-0.3, -0.25) is 9.48 Å². The first-order valence-corrected chi connectivity index (χ1v) is 8.99. The molecule has 2 aliphatic rings. The number of ether oxygens (including phenoxy) is 2. The second-order valence-electron chi connectivity index (χ2n) is 6.88. The summed E-state index contributed by atoms with van der Waals surface area (Å²) in [5.41, 5.74) is 6.62. The van der Waals surface area contributed by atoms with Gasteiger partial charge in [0.2, 0.25) is 0 Å². The molecule has 0 radical (unpaired) electrons. The molecule has 27 heavy (non-hydrogen) atoms. The van der Waals surface area contributed by atoms with Gasteiger partial charge in [-0.2, -0.15) is 10.4 Å². The molecule has 8 heteroatoms. The van der Waals surface area contributed by atoms with Gasteiger partial charge in [0.1, 0.15) is 5.56 Å². The van der Waals surface area contributed by atoms with Crippen molar-refractivity contribution >= 4 is 17.4 Å². The molecule has 140 valence electrons. The summed E-state index contributed by atoms with van der Waals surface area (Å²) < 4.78 is 13.3. The average molecular weight is 367 g/mol. The predicted octanol–water partition coefficient (Wildman–Crippen LogP) is 2.33. The quantitative estimate of drug-likeness (QED) is 0.857. The zero-order valence-electron chi connectivity index (χ0n) is 14.8. The third-order valence-electron chi connectivity index (χ3n) is 5.17. The van der Waals surface area contributed by atoms with Crippen molar-refractivity contribution in [3.8, 4) is 6.07 Å². The number of aromatic nitrogens is 2. The van der Waals surface area contributed by atoms with Crippen molar-refractivity contribution in [2.45, 2.75) is 31.1 Å². The maximum Gasteiger partial charge on any atom is 0.254 e. The molecule has 1 aromatic heterocycles. The van der Waals surface area contributed by atoms with Gasteiger partial charge < -0.3 is 20.5 Å². The van der Waals surface area contributed by atoms with Crippen LogP contribution in [0.15, 0.2) is 36.5 Å². The van der Waals surface area contributed by atoms with Gasteiger partial charge in [0.15, 0.2) is 11.6 Å². The lowest BCUT2D eigenvalue weighted by molar-refractivity contribution is -0.190. The zero-order chi connectivity index (χ0) is 18.9. The maximum atomic E-state index is 11.9. The van der Waals surface area contributed by atoms with Gasteiger partial charge in [0, 0.05) is 24.7 Å². The normalized spacial score (nSPS) is 23.8. The second-order valence-corrected chi connectivity index (χ2v) is 6.88. The van der Waals surface area contributed by atoms with Crippen LogP contribution in [0.2, 0.25) is 0 Å². The largest absolute Gasteiger partial charge is 0.365 e. The number of nitrogens with two attached hydrogens (primary N) is 1. The van der Waals surface area contributed by atoms with Crippen molar-refractivity contribution in [1.82, 2.24) is 9.78 Å². The van der Waals surface area contributed by atoms with Crippen molar-refractivity contribution < 1.29 is 14.3 Å². The Labute approximate surface area is 156 Å². The summed E-state index contributed by atoms with van der Waals surface area (Å²) in [6, 6.07) is 11.5. The minimum absolute atomic E-state index is 0.242. The molecule has 4 rings (SSSR count). The molecule has 2 unspecified atom stereocenters. The van der Waals surface area contributed by atoms with Crippen molar-refractivity contribution in [1.29, 1.82) is 5.26 Å². The third-order valence-corrected chi connectivity index (χ3v) is 5.17. The van der Waals surface area contributed by atoms with Gasteiger partial charge in [-0.25, -0.2) is 0 Å². The molecule has 1 aromatic carbocycles. The van der Waals surface area contributed by atoms with Gasteiger partial charge in [0.25, 0.3) is 5.91 Å². The molecule has 1 aliphatic carbocycles. The van der Waals surface area contributed by atoms with Gasteiger partial charge in [-0.05, 0) is 18.6 Å². The van der Waals surface area contributed by atoms with Crippen LogP contribution in [0, 0.1) is 17.2 Å². The van der Waals surface area contributed by atoms with E-state index in [2.05, 4.69) is 16.5 Å². The molecule has 2 aromatic rings. The number of hydrogen-bond acceptors (Lipinski definition) is 6. The molecule has 8 nitrogen and oxygen atoms in total. The number of amides is 1. The lowest BCUT2D eigenvalue weighted by atomic mass is 9.81. The number of nitrogens with zero attached hydrogens (tertiary/aromatic N) is 3. The first-order chi connectivity index (χ1) is 13.1. The number of carbonyl (C=O) groups excluding carboxylic acids is 1. The Kier molecular flexibility index (Phi) is 4.56. The Morgan fingerprint density at radius 1 is 1.33 bits per heavy atom. The van der Waals surface area contributed by atoms with E-state index in [1.807, 2.05) is 30.3 Å². The summed E-state index contributed by atoms with van der Waals surface area (Å²) >= 11 is 0. The Balaban J connectivity index is 1.66. The summed E-state index contributed by atoms with van der Waals surface area (Å²) in [6.45, 7) is 1.10. The molecule has 1 saturated carbocycles. The van der Waals surface area contributed by atoms with Crippen LogP contribution in [-0.4, -0.2) is 34.7 Å². The van der Waals surface area contributed by atoms with E-state index >= 15 is 0 Å². The number of rotatable bonds is 4. The van der Waals surface area contributed by atoms with Crippen LogP contribution in [0.25, 0.3) is 0 Å². The molecular formula is C19H21N5O3. The molecule has 1 saturated heterocycles. The molecule has 1 amide bonds. The van der Waals surface area contributed by atoms with Crippen LogP contribution in [0.4, 0.5) is 11.5 Å². The highest BCUT2D eigenvalue weighted by molar-refractivity contribution is 5.98. The van der Waals surface area contributed by atoms with Gasteiger partial charge in [0.05, 0.1) is 31.2 Å². The summed E-state index contributed by atoms with van der Waals surface area (Å²) in [7, 11) is 0. The van der Waals surface area contributed by atoms with Crippen LogP contribution >= 0.6 is 0 Å². The fraction of sp³-hybridized carbons (Fsp3) is 0.421. The number of anilines is 2. The van der Waals surface area contributed by atoms with E-state index in [9.17, 15) is 10.1 Å². The highest BCUT2D eigenvalue weighted by atomic mass is 16.7. The maximum absolute atomic E-state index is 11.9. The van der Waals surface area contributed by atoms with E-state index in [4.69, 9.17) is 15.2 Å². The fourth-order valence-corrected chi connectivity index (χ4v) is 3.81. The molecule has 2 atom stereocenters. The molecule has 3 N–H and O–H groups in total. The highest BCUT2D eigenvalue weighted by Crippen LogP contribution is 2.44. The zero-order valence-corrected chi connectivity index (χ0v) is 14.8. The van der Waals surface area contributed by atoms with Crippen LogP contribution < -0.4 is 11.1 Å². The second kappa shape index (κ2) is 7.02. The standard InChI is InChI=1S/C19H21N5O3/c20-11-13-6-7-19(26-8-9-27-19)10-16(13)24-12-15(17(21)25)18(23-24)22-14-4-2-1-3-5-14/h1-5,12-13,16H,6-10H2,(H2,21,25)(H,22,23). The highest BCUT2D eigenvalue weighted by Gasteiger charge is 2.46. The smallest absolute Gasteiger partial charge is 0.254 e. The fourth-order valence-electron chi connectivity index (χ4n) is 3.81. The molecule has 2 heterocycles. The lowest BCUT2D eigenvalue weighted by Crippen LogP contribution is -2.41. The number of nitriles is 1. The first kappa shape index (κ1) is 17.5. The van der Waals surface area contributed by atoms with Crippen molar-refractivity contribution in [3.05, 3.63) is 42.1 Å². The predicted molar refractivity (Wildman–Crippen MR) is 97.1 cm³/mol. The summed E-state index contributed by atoms with van der Waals surface area (Å²) in [6.07, 6.45) is 3.45. The molecule has 2 fully saturated rings. The van der Waals surface area contributed by atoms with Gasteiger partial charge >= 0.3 is 0 Å². The number of carbonyl (C=O) groups is 1. The molecule has 0 bridgehead atoms. The Bertz CT molecular complexity index is 867. The number of para-hydroxylation sites is 1. The van der Waals surface area contributed by atoms with E-state index in [0.29, 0.717) is 38.3 Å². The number of hydrogen-bond donors (Lipinski definition) is 2. The van der Waals surface area contributed by atoms with Crippen molar-refractivity contribution in [3.63, 3.8) is 0 Å². The van der Waals surface area contributed by atoms with E-state index in [1.54, 1.807) is 10.9 Å². The van der Waals surface area contributed by atoms with Crippen LogP contribution in [0.3, 0.4) is 0 Å². The Morgan fingerprint density at radius 3 is 2.74 bits per heavy atom. The third kappa shape index (κ3) is 3.39. The molecular weight excluding hydrogens is 346 g/mol. The number of nitrogens with one attached hydrogen (secondary N) is 1. The monoisotopic (exact) mass is 367 g/mol. The van der Waals surface area contributed by atoms with E-state index in [-0.39, 0.29) is 17.5 Å². The van der Waals surface area contributed by atoms with Gasteiger partial charge in [-0.15, -0.1) is 0 Å². The molecule has 1 spiro atoms. The minimum atomic E-state index is -0.663. The van der Waals surface area contributed by atoms with Gasteiger partial charge in [-0.1, -0.05) is 18.2 Å². The van der Waals surface area contributed by atoms with E-state index in [1.165, 1.54) is 0 Å². The first-order valence-electron chi connectivity index (χ1n) is 8.99. The van der Waals surface area contributed by atoms with Crippen molar-refractivity contribution in [2.24, 2.45) is 11.7 Å². The SMILES string of the molecule is N#CC1CCC2(CC1n1cc(C(N)=O)c(Nc3ccccc3)n1)OCCO2. The van der Waals surface area contributed by atoms with E-state index < -0.39 is 11.7 Å². The Morgan fingerprint density at radius 2 is 2.07 bits per heavy atom. The average Bonchev–Trinajstić information content (AvgIpc) is 3.30. The van der Waals surface area contributed by atoms with Crippen LogP contribution in [0.1, 0.15) is 35.7 Å². The Hall–Kier alpha value is -2.89. The van der Waals surface area contributed by atoms with Crippen LogP contribution in [0.5, 0.6) is 0 Å². The van der Waals surface area contributed by atoms with Crippen molar-refractivity contribution in [2.75, 3.05) is 18.5 Å². The topological polar surface area (TPSA) is 115 Å².